The predicted molar refractivity (Wildman–Crippen MR) is 101 cm³/mol. The summed E-state index contributed by atoms with van der Waals surface area (Å²) in [6.45, 7) is 1.47. The first-order valence-corrected chi connectivity index (χ1v) is 9.37. The van der Waals surface area contributed by atoms with E-state index in [2.05, 4.69) is 0 Å². The summed E-state index contributed by atoms with van der Waals surface area (Å²) in [7, 11) is 0. The maximum atomic E-state index is 14.4. The van der Waals surface area contributed by atoms with Gasteiger partial charge >= 0.3 is 6.18 Å². The third-order valence-electron chi connectivity index (χ3n) is 4.64. The minimum atomic E-state index is -5.15. The van der Waals surface area contributed by atoms with E-state index < -0.39 is 35.0 Å². The topological polar surface area (TPSA) is 9.23 Å². The number of hydrogen-bond acceptors (Lipinski definition) is 1. The first kappa shape index (κ1) is 22.7. The fraction of sp³-hybridized carbons (Fsp3) is 0.217. The molecule has 0 aliphatic carbocycles. The Labute approximate surface area is 174 Å². The second-order valence-corrected chi connectivity index (χ2v) is 6.90. The molecule has 0 aliphatic rings. The third-order valence-corrected chi connectivity index (χ3v) is 4.64. The van der Waals surface area contributed by atoms with E-state index in [1.54, 1.807) is 0 Å². The van der Waals surface area contributed by atoms with E-state index in [4.69, 9.17) is 4.74 Å². The molecule has 0 radical (unpaired) electrons. The highest BCUT2D eigenvalue weighted by atomic mass is 19.4. The molecule has 0 saturated heterocycles. The number of rotatable bonds is 6. The molecule has 0 fully saturated rings. The molecule has 0 spiro atoms. The highest BCUT2D eigenvalue weighted by molar-refractivity contribution is 5.65. The minimum Gasteiger partial charge on any atom is -0.489 e. The molecule has 0 N–H and O–H groups in total. The van der Waals surface area contributed by atoms with Gasteiger partial charge in [-0.3, -0.25) is 0 Å². The molecule has 0 aromatic heterocycles. The lowest BCUT2D eigenvalue weighted by atomic mass is 10.0. The van der Waals surface area contributed by atoms with Crippen LogP contribution in [0.4, 0.5) is 30.7 Å². The van der Waals surface area contributed by atoms with Crippen molar-refractivity contribution in [3.05, 3.63) is 88.5 Å². The summed E-state index contributed by atoms with van der Waals surface area (Å²) in [4.78, 5) is 0. The molecule has 3 aromatic rings. The van der Waals surface area contributed by atoms with Gasteiger partial charge in [0.05, 0.1) is 0 Å². The van der Waals surface area contributed by atoms with Crippen molar-refractivity contribution in [2.75, 3.05) is 0 Å². The van der Waals surface area contributed by atoms with Crippen LogP contribution in [-0.2, 0) is 19.2 Å². The van der Waals surface area contributed by atoms with E-state index in [0.717, 1.165) is 0 Å². The number of aryl methyl sites for hydroxylation is 1. The number of ether oxygens (including phenoxy) is 1. The Bertz CT molecular complexity index is 1050. The quantitative estimate of drug-likeness (QED) is 0.360. The van der Waals surface area contributed by atoms with E-state index in [9.17, 15) is 30.7 Å². The summed E-state index contributed by atoms with van der Waals surface area (Å²) in [5, 5.41) is 0. The van der Waals surface area contributed by atoms with Gasteiger partial charge in [-0.05, 0) is 47.4 Å². The fourth-order valence-corrected chi connectivity index (χ4v) is 3.15. The lowest BCUT2D eigenvalue weighted by Crippen LogP contribution is -2.12. The van der Waals surface area contributed by atoms with Crippen LogP contribution in [0.5, 0.6) is 5.75 Å². The van der Waals surface area contributed by atoms with E-state index in [0.29, 0.717) is 36.1 Å². The van der Waals surface area contributed by atoms with E-state index in [1.807, 2.05) is 6.92 Å². The Morgan fingerprint density at radius 2 is 1.42 bits per heavy atom. The van der Waals surface area contributed by atoms with Crippen LogP contribution in [0.1, 0.15) is 30.0 Å². The largest absolute Gasteiger partial charge is 0.489 e. The van der Waals surface area contributed by atoms with Crippen molar-refractivity contribution in [1.29, 1.82) is 0 Å². The maximum absolute atomic E-state index is 14.4. The van der Waals surface area contributed by atoms with Gasteiger partial charge in [-0.25, -0.2) is 17.6 Å². The second kappa shape index (κ2) is 8.99. The average Bonchev–Trinajstić information content (AvgIpc) is 2.69. The summed E-state index contributed by atoms with van der Waals surface area (Å²) >= 11 is 0. The van der Waals surface area contributed by atoms with Gasteiger partial charge in [-0.1, -0.05) is 37.6 Å². The SMILES string of the molecule is CCCc1ccc(-c2ccc(OCc3cc(F)c(C(F)(F)F)c(F)c3)cc2)c(F)c1F. The standard InChI is InChI=1S/C23H17F7O/c1-2-3-15-6-9-17(22(27)21(15)26)14-4-7-16(8-5-14)31-12-13-10-18(24)20(19(25)11-13)23(28,29)30/h4-11H,2-3,12H2,1H3. The molecule has 0 heterocycles. The normalized spacial score (nSPS) is 11.6. The smallest absolute Gasteiger partial charge is 0.422 e. The van der Waals surface area contributed by atoms with Gasteiger partial charge in [-0.2, -0.15) is 13.2 Å². The van der Waals surface area contributed by atoms with Crippen LogP contribution in [0.3, 0.4) is 0 Å². The Hall–Kier alpha value is -3.03. The molecule has 0 atom stereocenters. The summed E-state index contributed by atoms with van der Waals surface area (Å²) in [5.41, 5.74) is -1.35. The van der Waals surface area contributed by atoms with Crippen molar-refractivity contribution in [1.82, 2.24) is 0 Å². The number of benzene rings is 3. The van der Waals surface area contributed by atoms with Crippen LogP contribution in [0.15, 0.2) is 48.5 Å². The average molecular weight is 442 g/mol. The Morgan fingerprint density at radius 1 is 0.806 bits per heavy atom. The Kier molecular flexibility index (Phi) is 6.57. The summed E-state index contributed by atoms with van der Waals surface area (Å²) in [5.74, 6) is -5.09. The molecule has 0 aliphatic heterocycles. The zero-order chi connectivity index (χ0) is 22.8. The number of hydrogen-bond donors (Lipinski definition) is 0. The van der Waals surface area contributed by atoms with Crippen LogP contribution < -0.4 is 4.74 Å². The highest BCUT2D eigenvalue weighted by Crippen LogP contribution is 2.34. The van der Waals surface area contributed by atoms with Crippen LogP contribution in [0.25, 0.3) is 11.1 Å². The maximum Gasteiger partial charge on any atom is 0.422 e. The van der Waals surface area contributed by atoms with Gasteiger partial charge < -0.3 is 4.74 Å². The Morgan fingerprint density at radius 3 is 1.97 bits per heavy atom. The van der Waals surface area contributed by atoms with Crippen molar-refractivity contribution in [3.63, 3.8) is 0 Å². The van der Waals surface area contributed by atoms with Crippen molar-refractivity contribution in [3.8, 4) is 16.9 Å². The lowest BCUT2D eigenvalue weighted by Gasteiger charge is -2.12. The van der Waals surface area contributed by atoms with Gasteiger partial charge in [0.2, 0.25) is 0 Å². The molecular formula is C23H17F7O. The molecule has 0 saturated carbocycles. The van der Waals surface area contributed by atoms with Crippen LogP contribution >= 0.6 is 0 Å². The van der Waals surface area contributed by atoms with Crippen molar-refractivity contribution in [2.45, 2.75) is 32.5 Å². The first-order valence-electron chi connectivity index (χ1n) is 9.37. The van der Waals surface area contributed by atoms with Crippen molar-refractivity contribution in [2.24, 2.45) is 0 Å². The molecule has 31 heavy (non-hydrogen) atoms. The van der Waals surface area contributed by atoms with Crippen molar-refractivity contribution >= 4 is 0 Å². The van der Waals surface area contributed by atoms with Crippen LogP contribution in [0, 0.1) is 23.3 Å². The van der Waals surface area contributed by atoms with E-state index in [-0.39, 0.29) is 23.5 Å². The molecule has 0 bridgehead atoms. The monoisotopic (exact) mass is 442 g/mol. The second-order valence-electron chi connectivity index (χ2n) is 6.90. The summed E-state index contributed by atoms with van der Waals surface area (Å²) in [6, 6.07) is 9.92. The molecule has 0 unspecified atom stereocenters. The molecule has 164 valence electrons. The van der Waals surface area contributed by atoms with Crippen LogP contribution in [0.2, 0.25) is 0 Å². The summed E-state index contributed by atoms with van der Waals surface area (Å²) in [6.07, 6.45) is -4.05. The van der Waals surface area contributed by atoms with Gasteiger partial charge in [0.1, 0.15) is 29.6 Å². The zero-order valence-corrected chi connectivity index (χ0v) is 16.3. The van der Waals surface area contributed by atoms with Gasteiger partial charge in [-0.15, -0.1) is 0 Å². The molecule has 0 amide bonds. The Balaban J connectivity index is 1.74. The molecule has 8 heteroatoms. The molecule has 1 nitrogen and oxygen atoms in total. The molecule has 3 aromatic carbocycles. The number of alkyl halides is 3. The third kappa shape index (κ3) is 5.00. The lowest BCUT2D eigenvalue weighted by molar-refractivity contribution is -0.142. The van der Waals surface area contributed by atoms with Gasteiger partial charge in [0.15, 0.2) is 11.6 Å². The first-order chi connectivity index (χ1) is 14.6. The molecule has 3 rings (SSSR count). The van der Waals surface area contributed by atoms with Crippen molar-refractivity contribution < 1.29 is 35.5 Å². The van der Waals surface area contributed by atoms with Gasteiger partial charge in [0.25, 0.3) is 0 Å². The molecular weight excluding hydrogens is 425 g/mol. The highest BCUT2D eigenvalue weighted by Gasteiger charge is 2.37. The predicted octanol–water partition coefficient (Wildman–Crippen LogP) is 7.46. The summed E-state index contributed by atoms with van der Waals surface area (Å²) < 4.78 is 99.0. The fourth-order valence-electron chi connectivity index (χ4n) is 3.15. The van der Waals surface area contributed by atoms with Crippen LogP contribution in [-0.4, -0.2) is 0 Å². The van der Waals surface area contributed by atoms with E-state index in [1.165, 1.54) is 36.4 Å². The minimum absolute atomic E-state index is 0.0655. The zero-order valence-electron chi connectivity index (χ0n) is 16.3. The number of halogens is 7. The van der Waals surface area contributed by atoms with Gasteiger partial charge in [0, 0.05) is 5.56 Å². The van der Waals surface area contributed by atoms with E-state index >= 15 is 0 Å².